The van der Waals surface area contributed by atoms with Gasteiger partial charge in [-0.05, 0) is 19.9 Å². The molecule has 2 aromatic rings. The average molecular weight is 277 g/mol. The number of carbonyl (C=O) groups is 1. The zero-order valence-corrected chi connectivity index (χ0v) is 11.6. The van der Waals surface area contributed by atoms with Crippen molar-refractivity contribution in [3.63, 3.8) is 0 Å². The van der Waals surface area contributed by atoms with Crippen LogP contribution in [0.25, 0.3) is 10.9 Å². The third kappa shape index (κ3) is 2.93. The summed E-state index contributed by atoms with van der Waals surface area (Å²) in [6.07, 6.45) is 1.82. The summed E-state index contributed by atoms with van der Waals surface area (Å²) in [4.78, 5) is 16.0. The van der Waals surface area contributed by atoms with Crippen LogP contribution >= 0.6 is 11.8 Å². The lowest BCUT2D eigenvalue weighted by Crippen LogP contribution is -2.07. The number of aromatic amines is 1. The Bertz CT molecular complexity index is 626. The van der Waals surface area contributed by atoms with Gasteiger partial charge in [-0.2, -0.15) is 0 Å². The quantitative estimate of drug-likeness (QED) is 0.388. The van der Waals surface area contributed by atoms with Crippen molar-refractivity contribution < 1.29 is 14.6 Å². The molecule has 100 valence electrons. The lowest BCUT2D eigenvalue weighted by Gasteiger charge is -2.06. The van der Waals surface area contributed by atoms with Crippen LogP contribution in [0.1, 0.15) is 13.8 Å². The van der Waals surface area contributed by atoms with Crippen molar-refractivity contribution in [1.29, 1.82) is 0 Å². The van der Waals surface area contributed by atoms with Gasteiger partial charge in [0.15, 0.2) is 0 Å². The number of aliphatic hydroxyl groups is 1. The van der Waals surface area contributed by atoms with Crippen LogP contribution in [-0.4, -0.2) is 22.7 Å². The summed E-state index contributed by atoms with van der Waals surface area (Å²) in [7, 11) is 0. The monoisotopic (exact) mass is 277 g/mol. The summed E-state index contributed by atoms with van der Waals surface area (Å²) in [6.45, 7) is 3.50. The number of hydrogen-bond donors (Lipinski definition) is 2. The maximum atomic E-state index is 11.8. The van der Waals surface area contributed by atoms with E-state index in [4.69, 9.17) is 4.74 Å². The van der Waals surface area contributed by atoms with Crippen molar-refractivity contribution in [3.05, 3.63) is 41.1 Å². The number of benzene rings is 1. The summed E-state index contributed by atoms with van der Waals surface area (Å²) >= 11 is 1.20. The van der Waals surface area contributed by atoms with Crippen LogP contribution in [0.15, 0.2) is 46.0 Å². The number of aliphatic hydroxyl groups excluding tert-OH is 1. The van der Waals surface area contributed by atoms with Gasteiger partial charge in [0.05, 0.1) is 6.61 Å². The fraction of sp³-hybridized carbons (Fsp3) is 0.214. The first kappa shape index (κ1) is 13.5. The molecule has 0 aliphatic heterocycles. The van der Waals surface area contributed by atoms with Crippen LogP contribution < -0.4 is 0 Å². The number of H-pyrrole nitrogens is 1. The number of allylic oxidation sites excluding steroid dienone is 1. The van der Waals surface area contributed by atoms with E-state index in [2.05, 4.69) is 4.98 Å². The molecule has 0 saturated carbocycles. The topological polar surface area (TPSA) is 62.3 Å². The van der Waals surface area contributed by atoms with Crippen molar-refractivity contribution in [2.24, 2.45) is 0 Å². The van der Waals surface area contributed by atoms with E-state index in [-0.39, 0.29) is 17.3 Å². The lowest BCUT2D eigenvalue weighted by molar-refractivity contribution is -0.137. The van der Waals surface area contributed by atoms with Gasteiger partial charge in [0, 0.05) is 22.0 Å². The maximum Gasteiger partial charge on any atom is 0.348 e. The van der Waals surface area contributed by atoms with E-state index in [1.807, 2.05) is 30.5 Å². The van der Waals surface area contributed by atoms with Gasteiger partial charge in [-0.3, -0.25) is 0 Å². The van der Waals surface area contributed by atoms with Crippen LogP contribution in [0.4, 0.5) is 0 Å². The number of ether oxygens (including phenoxy) is 1. The van der Waals surface area contributed by atoms with Crippen LogP contribution in [-0.2, 0) is 9.53 Å². The molecular formula is C14H15NO3S. The molecule has 0 spiro atoms. The molecule has 0 unspecified atom stereocenters. The Labute approximate surface area is 115 Å². The van der Waals surface area contributed by atoms with Gasteiger partial charge in [0.25, 0.3) is 0 Å². The second kappa shape index (κ2) is 5.84. The molecule has 5 heteroatoms. The summed E-state index contributed by atoms with van der Waals surface area (Å²) in [5.74, 6) is -0.536. The number of carbonyl (C=O) groups excluding carboxylic acids is 1. The van der Waals surface area contributed by atoms with E-state index in [9.17, 15) is 9.90 Å². The fourth-order valence-electron chi connectivity index (χ4n) is 1.70. The predicted molar refractivity (Wildman–Crippen MR) is 76.1 cm³/mol. The summed E-state index contributed by atoms with van der Waals surface area (Å²) < 4.78 is 4.94. The minimum atomic E-state index is -0.502. The van der Waals surface area contributed by atoms with Gasteiger partial charge >= 0.3 is 5.97 Å². The highest BCUT2D eigenvalue weighted by Crippen LogP contribution is 2.34. The van der Waals surface area contributed by atoms with Gasteiger partial charge in [-0.1, -0.05) is 30.0 Å². The van der Waals surface area contributed by atoms with Gasteiger partial charge in [-0.15, -0.1) is 0 Å². The van der Waals surface area contributed by atoms with Gasteiger partial charge in [0.2, 0.25) is 0 Å². The minimum absolute atomic E-state index is 0.0336. The average Bonchev–Trinajstić information content (AvgIpc) is 2.79. The smallest absolute Gasteiger partial charge is 0.348 e. The first-order valence-corrected chi connectivity index (χ1v) is 6.76. The second-order valence-electron chi connectivity index (χ2n) is 3.94. The maximum absolute atomic E-state index is 11.8. The number of rotatable bonds is 4. The minimum Gasteiger partial charge on any atom is -0.511 e. The molecular weight excluding hydrogens is 262 g/mol. The number of esters is 1. The molecule has 1 aromatic heterocycles. The summed E-state index contributed by atoms with van der Waals surface area (Å²) in [6, 6.07) is 7.79. The molecule has 1 heterocycles. The van der Waals surface area contributed by atoms with Crippen molar-refractivity contribution >= 4 is 28.6 Å². The Balaban J connectivity index is 2.33. The van der Waals surface area contributed by atoms with E-state index in [0.717, 1.165) is 15.8 Å². The zero-order valence-electron chi connectivity index (χ0n) is 10.8. The van der Waals surface area contributed by atoms with E-state index >= 15 is 0 Å². The normalized spacial score (nSPS) is 12.3. The standard InChI is InChI=1S/C14H15NO3S/c1-3-18-14(17)13(9(2)16)19-12-8-15-11-7-5-4-6-10(11)12/h4-8,15-16H,3H2,1-2H3/b13-9-. The Kier molecular flexibility index (Phi) is 4.16. The molecule has 0 radical (unpaired) electrons. The molecule has 2 N–H and O–H groups in total. The predicted octanol–water partition coefficient (Wildman–Crippen LogP) is 3.61. The van der Waals surface area contributed by atoms with Crippen LogP contribution in [0, 0.1) is 0 Å². The number of para-hydroxylation sites is 1. The van der Waals surface area contributed by atoms with Crippen LogP contribution in [0.5, 0.6) is 0 Å². The second-order valence-corrected chi connectivity index (χ2v) is 4.99. The number of hydrogen-bond acceptors (Lipinski definition) is 4. The van der Waals surface area contributed by atoms with E-state index in [0.29, 0.717) is 0 Å². The molecule has 0 saturated heterocycles. The first-order chi connectivity index (χ1) is 9.13. The molecule has 0 atom stereocenters. The third-order valence-corrected chi connectivity index (χ3v) is 3.78. The fourth-order valence-corrected chi connectivity index (χ4v) is 2.61. The third-order valence-electron chi connectivity index (χ3n) is 2.55. The Hall–Kier alpha value is -1.88. The van der Waals surface area contributed by atoms with Crippen molar-refractivity contribution in [2.75, 3.05) is 6.61 Å². The van der Waals surface area contributed by atoms with Crippen molar-refractivity contribution in [3.8, 4) is 0 Å². The van der Waals surface area contributed by atoms with Crippen LogP contribution in [0.2, 0.25) is 0 Å². The summed E-state index contributed by atoms with van der Waals surface area (Å²) in [5.41, 5.74) is 0.990. The molecule has 0 fully saturated rings. The molecule has 0 amide bonds. The number of fused-ring (bicyclic) bond motifs is 1. The Morgan fingerprint density at radius 2 is 2.16 bits per heavy atom. The highest BCUT2D eigenvalue weighted by atomic mass is 32.2. The highest BCUT2D eigenvalue weighted by molar-refractivity contribution is 8.04. The number of thioether (sulfide) groups is 1. The number of nitrogens with one attached hydrogen (secondary N) is 1. The van der Waals surface area contributed by atoms with Gasteiger partial charge < -0.3 is 14.8 Å². The van der Waals surface area contributed by atoms with Gasteiger partial charge in [-0.25, -0.2) is 4.79 Å². The van der Waals surface area contributed by atoms with Crippen molar-refractivity contribution in [1.82, 2.24) is 4.98 Å². The SMILES string of the molecule is CCOC(=O)/C(Sc1c[nH]c2ccccc12)=C(\C)O. The molecule has 0 aliphatic rings. The van der Waals surface area contributed by atoms with Gasteiger partial charge in [0.1, 0.15) is 10.7 Å². The van der Waals surface area contributed by atoms with E-state index < -0.39 is 5.97 Å². The lowest BCUT2D eigenvalue weighted by atomic mass is 10.2. The highest BCUT2D eigenvalue weighted by Gasteiger charge is 2.17. The van der Waals surface area contributed by atoms with E-state index in [1.165, 1.54) is 18.7 Å². The first-order valence-electron chi connectivity index (χ1n) is 5.94. The largest absolute Gasteiger partial charge is 0.511 e. The van der Waals surface area contributed by atoms with E-state index in [1.54, 1.807) is 6.92 Å². The number of aromatic nitrogens is 1. The summed E-state index contributed by atoms with van der Waals surface area (Å²) in [5, 5.41) is 10.6. The zero-order chi connectivity index (χ0) is 13.8. The molecule has 2 rings (SSSR count). The van der Waals surface area contributed by atoms with Crippen molar-refractivity contribution in [2.45, 2.75) is 18.7 Å². The van der Waals surface area contributed by atoms with Crippen LogP contribution in [0.3, 0.4) is 0 Å². The molecule has 4 nitrogen and oxygen atoms in total. The Morgan fingerprint density at radius 3 is 2.84 bits per heavy atom. The molecule has 0 aliphatic carbocycles. The molecule has 1 aromatic carbocycles. The Morgan fingerprint density at radius 1 is 1.42 bits per heavy atom. The molecule has 19 heavy (non-hydrogen) atoms. The molecule has 0 bridgehead atoms.